The van der Waals surface area contributed by atoms with Crippen LogP contribution in [0.15, 0.2) is 5.38 Å². The van der Waals surface area contributed by atoms with Gasteiger partial charge in [0.05, 0.1) is 10.7 Å². The zero-order valence-electron chi connectivity index (χ0n) is 8.28. The molecule has 0 aromatic carbocycles. The molecule has 0 spiro atoms. The summed E-state index contributed by atoms with van der Waals surface area (Å²) in [4.78, 5) is 4.62. The number of thiazole rings is 1. The molecule has 2 aliphatic carbocycles. The van der Waals surface area contributed by atoms with E-state index in [0.29, 0.717) is 6.54 Å². The summed E-state index contributed by atoms with van der Waals surface area (Å²) in [6, 6.07) is 0. The van der Waals surface area contributed by atoms with E-state index in [0.717, 1.165) is 23.4 Å². The van der Waals surface area contributed by atoms with Crippen LogP contribution >= 0.6 is 11.3 Å². The van der Waals surface area contributed by atoms with Gasteiger partial charge in [0.2, 0.25) is 0 Å². The molecule has 1 aromatic rings. The largest absolute Gasteiger partial charge is 0.325 e. The predicted molar refractivity (Wildman–Crippen MR) is 58.2 cm³/mol. The Bertz CT molecular complexity index is 334. The maximum Gasteiger partial charge on any atom is 0.0962 e. The first-order valence-corrected chi connectivity index (χ1v) is 6.39. The number of aromatic nitrogens is 1. The first-order chi connectivity index (χ1) is 6.86. The summed E-state index contributed by atoms with van der Waals surface area (Å²) >= 11 is 1.82. The Morgan fingerprint density at radius 2 is 2.36 bits per heavy atom. The zero-order valence-corrected chi connectivity index (χ0v) is 9.09. The summed E-state index contributed by atoms with van der Waals surface area (Å²) in [5.41, 5.74) is 6.66. The van der Waals surface area contributed by atoms with Crippen LogP contribution in [-0.4, -0.2) is 4.98 Å². The van der Waals surface area contributed by atoms with Crippen molar-refractivity contribution < 1.29 is 0 Å². The second-order valence-corrected chi connectivity index (χ2v) is 5.55. The highest BCUT2D eigenvalue weighted by molar-refractivity contribution is 7.09. The van der Waals surface area contributed by atoms with E-state index in [4.69, 9.17) is 5.73 Å². The van der Waals surface area contributed by atoms with Crippen molar-refractivity contribution in [1.82, 2.24) is 4.98 Å². The van der Waals surface area contributed by atoms with Gasteiger partial charge in [-0.1, -0.05) is 6.42 Å². The predicted octanol–water partition coefficient (Wildman–Crippen LogP) is 2.51. The van der Waals surface area contributed by atoms with Gasteiger partial charge in [-0.15, -0.1) is 11.3 Å². The average Bonchev–Trinajstić information content (AvgIpc) is 2.93. The highest BCUT2D eigenvalue weighted by atomic mass is 32.1. The minimum Gasteiger partial charge on any atom is -0.325 e. The van der Waals surface area contributed by atoms with E-state index in [2.05, 4.69) is 10.4 Å². The van der Waals surface area contributed by atoms with Crippen molar-refractivity contribution >= 4 is 11.3 Å². The molecule has 2 fully saturated rings. The van der Waals surface area contributed by atoms with Gasteiger partial charge in [-0.25, -0.2) is 4.98 Å². The lowest BCUT2D eigenvalue weighted by molar-refractivity contribution is 0.418. The molecule has 2 aliphatic rings. The minimum absolute atomic E-state index is 0.595. The summed E-state index contributed by atoms with van der Waals surface area (Å²) in [6.45, 7) is 0.595. The number of hydrogen-bond acceptors (Lipinski definition) is 3. The Balaban J connectivity index is 1.82. The van der Waals surface area contributed by atoms with Crippen LogP contribution in [0.2, 0.25) is 0 Å². The van der Waals surface area contributed by atoms with Gasteiger partial charge in [0.1, 0.15) is 0 Å². The lowest BCUT2D eigenvalue weighted by atomic mass is 9.89. The lowest BCUT2D eigenvalue weighted by Gasteiger charge is -2.18. The van der Waals surface area contributed by atoms with Gasteiger partial charge in [-0.2, -0.15) is 0 Å². The molecule has 0 saturated heterocycles. The normalized spacial score (nSPS) is 35.4. The second-order valence-electron chi connectivity index (χ2n) is 4.66. The SMILES string of the molecule is NCc1csc(C2CC3CCC2C3)n1. The Hall–Kier alpha value is -0.410. The van der Waals surface area contributed by atoms with Crippen LogP contribution < -0.4 is 5.73 Å². The summed E-state index contributed by atoms with van der Waals surface area (Å²) < 4.78 is 0. The van der Waals surface area contributed by atoms with E-state index in [9.17, 15) is 0 Å². The molecule has 3 rings (SSSR count). The fourth-order valence-corrected chi connectivity index (χ4v) is 4.17. The third-order valence-corrected chi connectivity index (χ3v) is 4.86. The Morgan fingerprint density at radius 3 is 2.93 bits per heavy atom. The third-order valence-electron chi connectivity index (χ3n) is 3.83. The molecule has 0 amide bonds. The van der Waals surface area contributed by atoms with E-state index in [-0.39, 0.29) is 0 Å². The smallest absolute Gasteiger partial charge is 0.0962 e. The van der Waals surface area contributed by atoms with Gasteiger partial charge >= 0.3 is 0 Å². The maximum absolute atomic E-state index is 5.58. The maximum atomic E-state index is 5.58. The number of nitrogens with zero attached hydrogens (tertiary/aromatic N) is 1. The fourth-order valence-electron chi connectivity index (χ4n) is 3.13. The summed E-state index contributed by atoms with van der Waals surface area (Å²) in [6.07, 6.45) is 5.76. The van der Waals surface area contributed by atoms with Gasteiger partial charge in [-0.05, 0) is 31.1 Å². The molecule has 3 atom stereocenters. The molecule has 3 heteroatoms. The molecule has 2 N–H and O–H groups in total. The molecule has 3 unspecified atom stereocenters. The molecular formula is C11H16N2S. The molecule has 2 nitrogen and oxygen atoms in total. The monoisotopic (exact) mass is 208 g/mol. The number of hydrogen-bond donors (Lipinski definition) is 1. The van der Waals surface area contributed by atoms with E-state index in [1.807, 2.05) is 11.3 Å². The van der Waals surface area contributed by atoms with E-state index >= 15 is 0 Å². The lowest BCUT2D eigenvalue weighted by Crippen LogP contribution is -2.08. The highest BCUT2D eigenvalue weighted by Gasteiger charge is 2.41. The zero-order chi connectivity index (χ0) is 9.54. The van der Waals surface area contributed by atoms with Gasteiger partial charge in [0.25, 0.3) is 0 Å². The van der Waals surface area contributed by atoms with Crippen molar-refractivity contribution in [2.75, 3.05) is 0 Å². The Labute approximate surface area is 88.5 Å². The van der Waals surface area contributed by atoms with Crippen LogP contribution in [0.25, 0.3) is 0 Å². The van der Waals surface area contributed by atoms with Crippen LogP contribution in [-0.2, 0) is 6.54 Å². The topological polar surface area (TPSA) is 38.9 Å². The first kappa shape index (κ1) is 8.86. The van der Waals surface area contributed by atoms with Crippen LogP contribution in [0, 0.1) is 11.8 Å². The van der Waals surface area contributed by atoms with E-state index in [1.54, 1.807) is 0 Å². The van der Waals surface area contributed by atoms with Crippen molar-refractivity contribution in [2.24, 2.45) is 17.6 Å². The van der Waals surface area contributed by atoms with Gasteiger partial charge in [0, 0.05) is 17.8 Å². The number of fused-ring (bicyclic) bond motifs is 2. The molecule has 0 radical (unpaired) electrons. The quantitative estimate of drug-likeness (QED) is 0.811. The van der Waals surface area contributed by atoms with Crippen molar-refractivity contribution in [1.29, 1.82) is 0 Å². The fraction of sp³-hybridized carbons (Fsp3) is 0.727. The molecule has 0 aliphatic heterocycles. The molecule has 2 saturated carbocycles. The Morgan fingerprint density at radius 1 is 1.43 bits per heavy atom. The van der Waals surface area contributed by atoms with Crippen molar-refractivity contribution in [3.05, 3.63) is 16.1 Å². The number of rotatable bonds is 2. The van der Waals surface area contributed by atoms with Gasteiger partial charge in [0.15, 0.2) is 0 Å². The molecule has 2 bridgehead atoms. The summed E-state index contributed by atoms with van der Waals surface area (Å²) in [7, 11) is 0. The standard InChI is InChI=1S/C11H16N2S/c12-5-9-6-14-11(13-9)10-4-7-1-2-8(10)3-7/h6-8,10H,1-5,12H2. The highest BCUT2D eigenvalue weighted by Crippen LogP contribution is 2.53. The van der Waals surface area contributed by atoms with Crippen LogP contribution in [0.5, 0.6) is 0 Å². The van der Waals surface area contributed by atoms with Crippen LogP contribution in [0.3, 0.4) is 0 Å². The Kier molecular flexibility index (Phi) is 2.10. The van der Waals surface area contributed by atoms with Crippen LogP contribution in [0.4, 0.5) is 0 Å². The summed E-state index contributed by atoms with van der Waals surface area (Å²) in [5, 5.41) is 3.49. The van der Waals surface area contributed by atoms with Crippen molar-refractivity contribution in [2.45, 2.75) is 38.1 Å². The van der Waals surface area contributed by atoms with Crippen molar-refractivity contribution in [3.8, 4) is 0 Å². The van der Waals surface area contributed by atoms with Crippen molar-refractivity contribution in [3.63, 3.8) is 0 Å². The van der Waals surface area contributed by atoms with Crippen LogP contribution in [0.1, 0.15) is 42.3 Å². The minimum atomic E-state index is 0.595. The molecule has 76 valence electrons. The first-order valence-electron chi connectivity index (χ1n) is 5.51. The van der Waals surface area contributed by atoms with Gasteiger partial charge < -0.3 is 5.73 Å². The molecule has 14 heavy (non-hydrogen) atoms. The summed E-state index contributed by atoms with van der Waals surface area (Å²) in [5.74, 6) is 2.73. The molecule has 1 aromatic heterocycles. The van der Waals surface area contributed by atoms with E-state index < -0.39 is 0 Å². The van der Waals surface area contributed by atoms with Gasteiger partial charge in [-0.3, -0.25) is 0 Å². The number of nitrogens with two attached hydrogens (primary N) is 1. The third kappa shape index (κ3) is 1.30. The second kappa shape index (κ2) is 3.31. The molecule has 1 heterocycles. The van der Waals surface area contributed by atoms with E-state index in [1.165, 1.54) is 30.7 Å². The molecular weight excluding hydrogens is 192 g/mol. The average molecular weight is 208 g/mol.